The van der Waals surface area contributed by atoms with Gasteiger partial charge in [0.15, 0.2) is 21.3 Å². The maximum Gasteiger partial charge on any atom is 0.805 e. The first-order valence-corrected chi connectivity index (χ1v) is 9.45. The third-order valence-corrected chi connectivity index (χ3v) is 4.83. The van der Waals surface area contributed by atoms with E-state index >= 15 is 0 Å². The van der Waals surface area contributed by atoms with Gasteiger partial charge in [-0.3, -0.25) is 0 Å². The van der Waals surface area contributed by atoms with Gasteiger partial charge in [0.1, 0.15) is 0 Å². The predicted octanol–water partition coefficient (Wildman–Crippen LogP) is 3.82. The van der Waals surface area contributed by atoms with Crippen LogP contribution in [0.1, 0.15) is 11.1 Å². The zero-order chi connectivity index (χ0) is 16.3. The molecule has 0 radical (unpaired) electrons. The van der Waals surface area contributed by atoms with Crippen LogP contribution >= 0.6 is 8.25 Å². The molecule has 1 unspecified atom stereocenters. The highest BCUT2D eigenvalue weighted by Crippen LogP contribution is 2.34. The van der Waals surface area contributed by atoms with E-state index in [0.29, 0.717) is 5.75 Å². The van der Waals surface area contributed by atoms with Crippen LogP contribution in [-0.2, 0) is 14.4 Å². The largest absolute Gasteiger partial charge is 0.805 e. The van der Waals surface area contributed by atoms with Gasteiger partial charge in [-0.2, -0.15) is 0 Å². The maximum absolute atomic E-state index is 12.0. The molecule has 0 N–H and O–H groups in total. The normalized spacial score (nSPS) is 11.9. The fourth-order valence-corrected chi connectivity index (χ4v) is 3.27. The Kier molecular flexibility index (Phi) is 4.84. The molecular formula is C15H16O5PS+. The summed E-state index contributed by atoms with van der Waals surface area (Å²) in [5.41, 5.74) is 1.72. The minimum Gasteiger partial charge on any atom is -0.224 e. The average Bonchev–Trinajstić information content (AvgIpc) is 2.43. The summed E-state index contributed by atoms with van der Waals surface area (Å²) in [5, 5.41) is 0. The minimum absolute atomic E-state index is 0.172. The first kappa shape index (κ1) is 16.5. The molecule has 0 aliphatic carbocycles. The van der Waals surface area contributed by atoms with E-state index < -0.39 is 18.1 Å². The highest BCUT2D eigenvalue weighted by molar-refractivity contribution is 7.90. The molecule has 0 aliphatic heterocycles. The summed E-state index contributed by atoms with van der Waals surface area (Å²) in [7, 11) is -5.67. The van der Waals surface area contributed by atoms with E-state index in [2.05, 4.69) is 0 Å². The lowest BCUT2D eigenvalue weighted by Gasteiger charge is -2.02. The minimum atomic E-state index is -3.27. The van der Waals surface area contributed by atoms with Crippen LogP contribution in [0.5, 0.6) is 11.5 Å². The van der Waals surface area contributed by atoms with Gasteiger partial charge in [-0.1, -0.05) is 18.2 Å². The molecule has 0 saturated heterocycles. The van der Waals surface area contributed by atoms with Gasteiger partial charge in [-0.25, -0.2) is 17.5 Å². The lowest BCUT2D eigenvalue weighted by atomic mass is 10.1. The summed E-state index contributed by atoms with van der Waals surface area (Å²) in [5.74, 6) is 0.802. The second-order valence-electron chi connectivity index (χ2n) is 4.87. The van der Waals surface area contributed by atoms with Crippen molar-refractivity contribution < 1.29 is 22.0 Å². The molecule has 0 amide bonds. The number of benzene rings is 2. The Morgan fingerprint density at radius 1 is 0.909 bits per heavy atom. The molecular weight excluding hydrogens is 323 g/mol. The van der Waals surface area contributed by atoms with Gasteiger partial charge < -0.3 is 0 Å². The van der Waals surface area contributed by atoms with Crippen molar-refractivity contribution in [2.24, 2.45) is 0 Å². The molecule has 2 rings (SSSR count). The van der Waals surface area contributed by atoms with Crippen LogP contribution in [-0.4, -0.2) is 14.7 Å². The Labute approximate surface area is 130 Å². The SMILES string of the molecule is Cc1cccc(C)c1O[P+](=O)Oc1ccc(S(C)(=O)=O)cc1. The molecule has 0 aromatic heterocycles. The molecule has 0 bridgehead atoms. The summed E-state index contributed by atoms with van der Waals surface area (Å²) >= 11 is 0. The van der Waals surface area contributed by atoms with E-state index in [0.717, 1.165) is 17.4 Å². The van der Waals surface area contributed by atoms with Gasteiger partial charge in [0.25, 0.3) is 0 Å². The van der Waals surface area contributed by atoms with E-state index in [1.807, 2.05) is 32.0 Å². The molecule has 2 aromatic carbocycles. The summed E-state index contributed by atoms with van der Waals surface area (Å²) in [6, 6.07) is 11.3. The van der Waals surface area contributed by atoms with Crippen LogP contribution in [0, 0.1) is 13.8 Å². The summed E-state index contributed by atoms with van der Waals surface area (Å²) < 4.78 is 45.2. The van der Waals surface area contributed by atoms with Crippen molar-refractivity contribution in [3.05, 3.63) is 53.6 Å². The summed E-state index contributed by atoms with van der Waals surface area (Å²) in [6.07, 6.45) is 1.12. The van der Waals surface area contributed by atoms with E-state index in [1.54, 1.807) is 0 Å². The van der Waals surface area contributed by atoms with Crippen LogP contribution in [0.2, 0.25) is 0 Å². The fourth-order valence-electron chi connectivity index (χ4n) is 1.87. The van der Waals surface area contributed by atoms with E-state index in [-0.39, 0.29) is 10.6 Å². The molecule has 0 aliphatic rings. The molecule has 116 valence electrons. The third-order valence-electron chi connectivity index (χ3n) is 3.01. The number of hydrogen-bond donors (Lipinski definition) is 0. The molecule has 0 saturated carbocycles. The quantitative estimate of drug-likeness (QED) is 0.775. The predicted molar refractivity (Wildman–Crippen MR) is 84.3 cm³/mol. The van der Waals surface area contributed by atoms with Gasteiger partial charge >= 0.3 is 8.25 Å². The Hall–Kier alpha value is -1.91. The second kappa shape index (κ2) is 6.46. The van der Waals surface area contributed by atoms with Crippen molar-refractivity contribution in [2.45, 2.75) is 18.7 Å². The third kappa shape index (κ3) is 4.06. The molecule has 5 nitrogen and oxygen atoms in total. The molecule has 0 fully saturated rings. The van der Waals surface area contributed by atoms with Crippen LogP contribution in [0.25, 0.3) is 0 Å². The lowest BCUT2D eigenvalue weighted by Crippen LogP contribution is -1.97. The molecule has 7 heteroatoms. The van der Waals surface area contributed by atoms with Crippen LogP contribution in [0.4, 0.5) is 0 Å². The zero-order valence-electron chi connectivity index (χ0n) is 12.4. The van der Waals surface area contributed by atoms with Crippen molar-refractivity contribution in [1.82, 2.24) is 0 Å². The van der Waals surface area contributed by atoms with Crippen molar-refractivity contribution in [3.8, 4) is 11.5 Å². The van der Waals surface area contributed by atoms with Crippen molar-refractivity contribution in [1.29, 1.82) is 0 Å². The van der Waals surface area contributed by atoms with Crippen LogP contribution < -0.4 is 9.05 Å². The van der Waals surface area contributed by atoms with E-state index in [1.165, 1.54) is 24.3 Å². The molecule has 2 aromatic rings. The van der Waals surface area contributed by atoms with E-state index in [9.17, 15) is 13.0 Å². The maximum atomic E-state index is 12.0. The topological polar surface area (TPSA) is 69.7 Å². The molecule has 0 heterocycles. The average molecular weight is 339 g/mol. The monoisotopic (exact) mass is 339 g/mol. The van der Waals surface area contributed by atoms with E-state index in [4.69, 9.17) is 9.05 Å². The van der Waals surface area contributed by atoms with Crippen LogP contribution in [0.15, 0.2) is 47.4 Å². The highest BCUT2D eigenvalue weighted by atomic mass is 32.2. The standard InChI is InChI=1S/C15H16O5PS/c1-11-5-4-6-12(2)15(11)20-21(16)19-13-7-9-14(10-8-13)22(3,17)18/h4-10H,1-3H3/q+1. The van der Waals surface area contributed by atoms with Gasteiger partial charge in [0.05, 0.1) is 4.90 Å². The van der Waals surface area contributed by atoms with Crippen LogP contribution in [0.3, 0.4) is 0 Å². The Bertz CT molecular complexity index is 777. The Morgan fingerprint density at radius 2 is 1.45 bits per heavy atom. The molecule has 0 spiro atoms. The van der Waals surface area contributed by atoms with Gasteiger partial charge in [0.2, 0.25) is 0 Å². The molecule has 1 atom stereocenters. The number of sulfone groups is 1. The van der Waals surface area contributed by atoms with Crippen molar-refractivity contribution in [2.75, 3.05) is 6.26 Å². The molecule has 22 heavy (non-hydrogen) atoms. The van der Waals surface area contributed by atoms with Gasteiger partial charge in [-0.05, 0) is 49.2 Å². The number of rotatable bonds is 5. The van der Waals surface area contributed by atoms with Crippen molar-refractivity contribution in [3.63, 3.8) is 0 Å². The number of aryl methyl sites for hydroxylation is 2. The first-order chi connectivity index (χ1) is 10.3. The summed E-state index contributed by atoms with van der Waals surface area (Å²) in [6.45, 7) is 3.71. The van der Waals surface area contributed by atoms with Crippen molar-refractivity contribution >= 4 is 18.1 Å². The smallest absolute Gasteiger partial charge is 0.224 e. The summed E-state index contributed by atoms with van der Waals surface area (Å²) in [4.78, 5) is 0.172. The first-order valence-electron chi connectivity index (χ1n) is 6.47. The Morgan fingerprint density at radius 3 is 1.95 bits per heavy atom. The Balaban J connectivity index is 2.10. The second-order valence-corrected chi connectivity index (χ2v) is 7.70. The zero-order valence-corrected chi connectivity index (χ0v) is 14.1. The fraction of sp³-hybridized carbons (Fsp3) is 0.200. The van der Waals surface area contributed by atoms with Gasteiger partial charge in [0, 0.05) is 10.8 Å². The van der Waals surface area contributed by atoms with Gasteiger partial charge in [-0.15, -0.1) is 0 Å². The highest BCUT2D eigenvalue weighted by Gasteiger charge is 2.26. The lowest BCUT2D eigenvalue weighted by molar-refractivity contribution is 0.413. The number of hydrogen-bond acceptors (Lipinski definition) is 5. The number of para-hydroxylation sites is 1.